The lowest BCUT2D eigenvalue weighted by Gasteiger charge is -2.15. The van der Waals surface area contributed by atoms with Crippen molar-refractivity contribution < 1.29 is 9.47 Å². The summed E-state index contributed by atoms with van der Waals surface area (Å²) in [7, 11) is 0. The van der Waals surface area contributed by atoms with Crippen LogP contribution < -0.4 is 10.5 Å². The van der Waals surface area contributed by atoms with Gasteiger partial charge < -0.3 is 15.2 Å². The molecule has 0 fully saturated rings. The summed E-state index contributed by atoms with van der Waals surface area (Å²) in [6.07, 6.45) is 0.907. The second kappa shape index (κ2) is 8.11. The average Bonchev–Trinajstić information content (AvgIpc) is 2.37. The summed E-state index contributed by atoms with van der Waals surface area (Å²) >= 11 is 0. The Hall–Kier alpha value is -1.06. The molecule has 1 aromatic carbocycles. The van der Waals surface area contributed by atoms with Crippen molar-refractivity contribution >= 4 is 0 Å². The third-order valence-corrected chi connectivity index (χ3v) is 2.69. The molecule has 0 bridgehead atoms. The minimum Gasteiger partial charge on any atom is -0.491 e. The van der Waals surface area contributed by atoms with Crippen LogP contribution in [0.5, 0.6) is 5.75 Å². The second-order valence-corrected chi connectivity index (χ2v) is 4.87. The van der Waals surface area contributed by atoms with Gasteiger partial charge in [0.25, 0.3) is 0 Å². The van der Waals surface area contributed by atoms with Gasteiger partial charge in [-0.15, -0.1) is 0 Å². The highest BCUT2D eigenvalue weighted by Crippen LogP contribution is 2.25. The fourth-order valence-electron chi connectivity index (χ4n) is 1.67. The summed E-state index contributed by atoms with van der Waals surface area (Å²) in [4.78, 5) is 0. The molecule has 1 atom stereocenters. The van der Waals surface area contributed by atoms with Crippen LogP contribution in [-0.2, 0) is 4.74 Å². The van der Waals surface area contributed by atoms with Crippen LogP contribution in [0.3, 0.4) is 0 Å². The number of hydrogen-bond acceptors (Lipinski definition) is 3. The van der Waals surface area contributed by atoms with Crippen LogP contribution >= 0.6 is 0 Å². The van der Waals surface area contributed by atoms with Crippen LogP contribution in [0.4, 0.5) is 0 Å². The molecule has 0 saturated heterocycles. The van der Waals surface area contributed by atoms with Gasteiger partial charge in [0.15, 0.2) is 0 Å². The quantitative estimate of drug-likeness (QED) is 0.722. The molecule has 102 valence electrons. The van der Waals surface area contributed by atoms with E-state index in [0.717, 1.165) is 24.3 Å². The first-order valence-corrected chi connectivity index (χ1v) is 6.70. The van der Waals surface area contributed by atoms with Crippen molar-refractivity contribution in [3.8, 4) is 5.75 Å². The summed E-state index contributed by atoms with van der Waals surface area (Å²) in [6, 6.07) is 7.99. The van der Waals surface area contributed by atoms with Gasteiger partial charge in [0.05, 0.1) is 6.61 Å². The predicted molar refractivity (Wildman–Crippen MR) is 74.8 cm³/mol. The summed E-state index contributed by atoms with van der Waals surface area (Å²) in [6.45, 7) is 8.31. The molecular weight excluding hydrogens is 226 g/mol. The van der Waals surface area contributed by atoms with Gasteiger partial charge in [0.2, 0.25) is 0 Å². The zero-order chi connectivity index (χ0) is 13.4. The Kier molecular flexibility index (Phi) is 6.76. The van der Waals surface area contributed by atoms with E-state index in [9.17, 15) is 0 Å². The molecule has 1 aromatic rings. The zero-order valence-corrected chi connectivity index (χ0v) is 11.7. The molecule has 0 aliphatic heterocycles. The number of benzene rings is 1. The zero-order valence-electron chi connectivity index (χ0n) is 11.7. The monoisotopic (exact) mass is 251 g/mol. The SMILES string of the molecule is CC[C@H](N)c1ccccc1OCCOCC(C)C. The number of ether oxygens (including phenoxy) is 2. The topological polar surface area (TPSA) is 44.5 Å². The normalized spacial score (nSPS) is 12.7. The second-order valence-electron chi connectivity index (χ2n) is 4.87. The van der Waals surface area contributed by atoms with Crippen LogP contribution in [0.2, 0.25) is 0 Å². The number of para-hydroxylation sites is 1. The molecule has 3 nitrogen and oxygen atoms in total. The Morgan fingerprint density at radius 2 is 1.89 bits per heavy atom. The molecule has 0 radical (unpaired) electrons. The van der Waals surface area contributed by atoms with Gasteiger partial charge in [-0.3, -0.25) is 0 Å². The summed E-state index contributed by atoms with van der Waals surface area (Å²) in [5, 5.41) is 0. The lowest BCUT2D eigenvalue weighted by atomic mass is 10.0. The van der Waals surface area contributed by atoms with E-state index in [1.807, 2.05) is 24.3 Å². The van der Waals surface area contributed by atoms with Gasteiger partial charge >= 0.3 is 0 Å². The van der Waals surface area contributed by atoms with Gasteiger partial charge in [0, 0.05) is 18.2 Å². The fraction of sp³-hybridized carbons (Fsp3) is 0.600. The summed E-state index contributed by atoms with van der Waals surface area (Å²) in [5.41, 5.74) is 7.13. The van der Waals surface area contributed by atoms with Crippen LogP contribution in [-0.4, -0.2) is 19.8 Å². The van der Waals surface area contributed by atoms with Crippen LogP contribution in [0.1, 0.15) is 38.8 Å². The number of rotatable bonds is 8. The molecule has 0 heterocycles. The lowest BCUT2D eigenvalue weighted by Crippen LogP contribution is -2.14. The van der Waals surface area contributed by atoms with Crippen molar-refractivity contribution in [1.29, 1.82) is 0 Å². The highest BCUT2D eigenvalue weighted by atomic mass is 16.5. The highest BCUT2D eigenvalue weighted by molar-refractivity contribution is 5.35. The Bertz CT molecular complexity index is 339. The molecule has 0 unspecified atom stereocenters. The fourth-order valence-corrected chi connectivity index (χ4v) is 1.67. The van der Waals surface area contributed by atoms with Crippen LogP contribution in [0.25, 0.3) is 0 Å². The molecule has 18 heavy (non-hydrogen) atoms. The standard InChI is InChI=1S/C15H25NO2/c1-4-14(16)13-7-5-6-8-15(13)18-10-9-17-11-12(2)3/h5-8,12,14H,4,9-11,16H2,1-3H3/t14-/m0/s1. The summed E-state index contributed by atoms with van der Waals surface area (Å²) < 4.78 is 11.2. The summed E-state index contributed by atoms with van der Waals surface area (Å²) in [5.74, 6) is 1.44. The molecule has 0 spiro atoms. The highest BCUT2D eigenvalue weighted by Gasteiger charge is 2.09. The van der Waals surface area contributed by atoms with Crippen LogP contribution in [0, 0.1) is 5.92 Å². The van der Waals surface area contributed by atoms with Crippen molar-refractivity contribution in [1.82, 2.24) is 0 Å². The Labute approximate surface area is 110 Å². The molecule has 2 N–H and O–H groups in total. The largest absolute Gasteiger partial charge is 0.491 e. The molecule has 3 heteroatoms. The molecule has 0 saturated carbocycles. The van der Waals surface area contributed by atoms with Gasteiger partial charge in [-0.25, -0.2) is 0 Å². The molecule has 1 rings (SSSR count). The number of nitrogens with two attached hydrogens (primary N) is 1. The van der Waals surface area contributed by atoms with Gasteiger partial charge in [-0.05, 0) is 18.4 Å². The van der Waals surface area contributed by atoms with E-state index in [4.69, 9.17) is 15.2 Å². The minimum atomic E-state index is 0.0396. The third-order valence-electron chi connectivity index (χ3n) is 2.69. The van der Waals surface area contributed by atoms with Crippen LogP contribution in [0.15, 0.2) is 24.3 Å². The third kappa shape index (κ3) is 5.07. The van der Waals surface area contributed by atoms with E-state index in [0.29, 0.717) is 19.1 Å². The van der Waals surface area contributed by atoms with E-state index in [-0.39, 0.29) is 6.04 Å². The predicted octanol–water partition coefficient (Wildman–Crippen LogP) is 3.15. The average molecular weight is 251 g/mol. The van der Waals surface area contributed by atoms with Crippen molar-refractivity contribution in [2.45, 2.75) is 33.2 Å². The maximum Gasteiger partial charge on any atom is 0.124 e. The van der Waals surface area contributed by atoms with E-state index in [1.54, 1.807) is 0 Å². The van der Waals surface area contributed by atoms with E-state index >= 15 is 0 Å². The van der Waals surface area contributed by atoms with E-state index in [1.165, 1.54) is 0 Å². The Morgan fingerprint density at radius 3 is 2.56 bits per heavy atom. The van der Waals surface area contributed by atoms with Crippen molar-refractivity contribution in [3.63, 3.8) is 0 Å². The maximum atomic E-state index is 6.05. The number of hydrogen-bond donors (Lipinski definition) is 1. The molecule has 0 aliphatic carbocycles. The molecule has 0 aromatic heterocycles. The van der Waals surface area contributed by atoms with Gasteiger partial charge in [-0.1, -0.05) is 39.0 Å². The first-order valence-electron chi connectivity index (χ1n) is 6.70. The first kappa shape index (κ1) is 15.0. The van der Waals surface area contributed by atoms with E-state index in [2.05, 4.69) is 20.8 Å². The Morgan fingerprint density at radius 1 is 1.17 bits per heavy atom. The smallest absolute Gasteiger partial charge is 0.124 e. The van der Waals surface area contributed by atoms with Crippen molar-refractivity contribution in [2.24, 2.45) is 11.7 Å². The lowest BCUT2D eigenvalue weighted by molar-refractivity contribution is 0.0815. The molecule has 0 aliphatic rings. The first-order chi connectivity index (χ1) is 8.65. The Balaban J connectivity index is 2.42. The van der Waals surface area contributed by atoms with Crippen molar-refractivity contribution in [3.05, 3.63) is 29.8 Å². The molecule has 0 amide bonds. The van der Waals surface area contributed by atoms with Gasteiger partial charge in [0.1, 0.15) is 12.4 Å². The van der Waals surface area contributed by atoms with Crippen molar-refractivity contribution in [2.75, 3.05) is 19.8 Å². The molecular formula is C15H25NO2. The van der Waals surface area contributed by atoms with Gasteiger partial charge in [-0.2, -0.15) is 0 Å². The van der Waals surface area contributed by atoms with E-state index < -0.39 is 0 Å². The minimum absolute atomic E-state index is 0.0396. The maximum absolute atomic E-state index is 6.05.